The van der Waals surface area contributed by atoms with Gasteiger partial charge in [0, 0.05) is 31.9 Å². The molecule has 0 aliphatic carbocycles. The van der Waals surface area contributed by atoms with Gasteiger partial charge in [0.1, 0.15) is 11.3 Å². The number of nitrogens with zero attached hydrogens (tertiary/aromatic N) is 4. The van der Waals surface area contributed by atoms with E-state index in [-0.39, 0.29) is 0 Å². The van der Waals surface area contributed by atoms with Gasteiger partial charge in [0.15, 0.2) is 5.82 Å². The second-order valence-electron chi connectivity index (χ2n) is 7.61. The molecule has 3 heterocycles. The Hall–Kier alpha value is -3.23. The summed E-state index contributed by atoms with van der Waals surface area (Å²) in [5.41, 5.74) is 3.81. The average molecular weight is 434 g/mol. The number of H-pyrrole nitrogens is 1. The third-order valence-electron chi connectivity index (χ3n) is 5.57. The van der Waals surface area contributed by atoms with Crippen molar-refractivity contribution in [1.82, 2.24) is 19.3 Å². The highest BCUT2D eigenvalue weighted by molar-refractivity contribution is 7.89. The highest BCUT2D eigenvalue weighted by Crippen LogP contribution is 2.30. The highest BCUT2D eigenvalue weighted by Gasteiger charge is 2.29. The summed E-state index contributed by atoms with van der Waals surface area (Å²) >= 11 is 0. The lowest BCUT2D eigenvalue weighted by Gasteiger charge is -2.34. The van der Waals surface area contributed by atoms with Gasteiger partial charge in [-0.05, 0) is 30.7 Å². The minimum absolute atomic E-state index is 0.334. The van der Waals surface area contributed by atoms with Crippen LogP contribution in [0.1, 0.15) is 5.82 Å². The summed E-state index contributed by atoms with van der Waals surface area (Å²) < 4.78 is 27.4. The molecule has 2 aromatic carbocycles. The zero-order valence-corrected chi connectivity index (χ0v) is 18.0. The number of hydrogen-bond acceptors (Lipinski definition) is 5. The summed E-state index contributed by atoms with van der Waals surface area (Å²) in [5.74, 6) is 1.52. The summed E-state index contributed by atoms with van der Waals surface area (Å²) in [6.07, 6.45) is 0. The Bertz CT molecular complexity index is 1310. The zero-order valence-electron chi connectivity index (χ0n) is 17.2. The molecule has 7 nitrogen and oxygen atoms in total. The normalized spacial score (nSPS) is 15.5. The third kappa shape index (κ3) is 3.68. The van der Waals surface area contributed by atoms with Gasteiger partial charge in [-0.3, -0.25) is 0 Å². The molecule has 5 rings (SSSR count). The average Bonchev–Trinajstić information content (AvgIpc) is 3.24. The van der Waals surface area contributed by atoms with Gasteiger partial charge in [-0.1, -0.05) is 48.5 Å². The zero-order chi connectivity index (χ0) is 21.4. The first-order valence-electron chi connectivity index (χ1n) is 10.3. The van der Waals surface area contributed by atoms with Crippen LogP contribution in [0.2, 0.25) is 0 Å². The van der Waals surface area contributed by atoms with E-state index in [4.69, 9.17) is 4.98 Å². The molecule has 0 unspecified atom stereocenters. The van der Waals surface area contributed by atoms with E-state index in [2.05, 4.69) is 27.0 Å². The smallest absolute Gasteiger partial charge is 0.243 e. The second kappa shape index (κ2) is 7.79. The lowest BCUT2D eigenvalue weighted by atomic mass is 10.2. The molecule has 0 radical (unpaired) electrons. The molecule has 0 saturated carbocycles. The Labute approximate surface area is 181 Å². The standard InChI is InChI=1S/C23H23N5O2S/c1-17-24-21-16-20(18-8-4-2-5-9-18)26-22(21)23(25-17)27-12-14-28(15-13-27)31(29,30)19-10-6-3-7-11-19/h2-11,16,26H,12-15H2,1H3. The summed E-state index contributed by atoms with van der Waals surface area (Å²) in [6, 6.07) is 20.7. The van der Waals surface area contributed by atoms with Crippen molar-refractivity contribution in [3.63, 3.8) is 0 Å². The number of rotatable bonds is 4. The summed E-state index contributed by atoms with van der Waals surface area (Å²) in [4.78, 5) is 15.2. The molecule has 0 amide bonds. The lowest BCUT2D eigenvalue weighted by Crippen LogP contribution is -2.49. The summed E-state index contributed by atoms with van der Waals surface area (Å²) in [7, 11) is -3.48. The quantitative estimate of drug-likeness (QED) is 0.533. The third-order valence-corrected chi connectivity index (χ3v) is 7.49. The molecule has 1 fully saturated rings. The van der Waals surface area contributed by atoms with Gasteiger partial charge >= 0.3 is 0 Å². The van der Waals surface area contributed by atoms with Gasteiger partial charge in [0.2, 0.25) is 10.0 Å². The van der Waals surface area contributed by atoms with Crippen LogP contribution in [-0.2, 0) is 10.0 Å². The number of fused-ring (bicyclic) bond motifs is 1. The first-order chi connectivity index (χ1) is 15.0. The van der Waals surface area contributed by atoms with E-state index in [0.717, 1.165) is 28.1 Å². The molecular weight excluding hydrogens is 410 g/mol. The number of aromatic nitrogens is 3. The van der Waals surface area contributed by atoms with Crippen molar-refractivity contribution in [1.29, 1.82) is 0 Å². The first-order valence-corrected chi connectivity index (χ1v) is 11.7. The van der Waals surface area contributed by atoms with Gasteiger partial charge in [0.25, 0.3) is 0 Å². The van der Waals surface area contributed by atoms with Crippen LogP contribution < -0.4 is 4.90 Å². The molecule has 0 atom stereocenters. The van der Waals surface area contributed by atoms with Gasteiger partial charge in [-0.15, -0.1) is 0 Å². The number of hydrogen-bond donors (Lipinski definition) is 1. The van der Waals surface area contributed by atoms with Crippen molar-refractivity contribution in [3.05, 3.63) is 72.6 Å². The Kier molecular flexibility index (Phi) is 4.95. The van der Waals surface area contributed by atoms with E-state index in [1.54, 1.807) is 28.6 Å². The predicted molar refractivity (Wildman–Crippen MR) is 121 cm³/mol. The number of benzene rings is 2. The molecule has 0 spiro atoms. The SMILES string of the molecule is Cc1nc(N2CCN(S(=O)(=O)c3ccccc3)CC2)c2[nH]c(-c3ccccc3)cc2n1. The second-order valence-corrected chi connectivity index (χ2v) is 9.55. The van der Waals surface area contributed by atoms with E-state index in [1.165, 1.54) is 0 Å². The lowest BCUT2D eigenvalue weighted by molar-refractivity contribution is 0.384. The number of nitrogens with one attached hydrogen (secondary N) is 1. The Morgan fingerprint density at radius 2 is 1.52 bits per heavy atom. The maximum absolute atomic E-state index is 12.9. The minimum Gasteiger partial charge on any atom is -0.352 e. The number of sulfonamides is 1. The van der Waals surface area contributed by atoms with E-state index >= 15 is 0 Å². The van der Waals surface area contributed by atoms with E-state index in [0.29, 0.717) is 36.9 Å². The molecular formula is C23H23N5O2S. The first kappa shape index (κ1) is 19.7. The van der Waals surface area contributed by atoms with Crippen LogP contribution in [0.15, 0.2) is 71.6 Å². The topological polar surface area (TPSA) is 82.2 Å². The van der Waals surface area contributed by atoms with Crippen molar-refractivity contribution < 1.29 is 8.42 Å². The van der Waals surface area contributed by atoms with Crippen molar-refractivity contribution in [2.24, 2.45) is 0 Å². The van der Waals surface area contributed by atoms with E-state index in [9.17, 15) is 8.42 Å². The van der Waals surface area contributed by atoms with Crippen LogP contribution >= 0.6 is 0 Å². The molecule has 158 valence electrons. The van der Waals surface area contributed by atoms with Gasteiger partial charge in [0.05, 0.1) is 10.4 Å². The molecule has 1 saturated heterocycles. The number of anilines is 1. The Morgan fingerprint density at radius 3 is 2.19 bits per heavy atom. The monoisotopic (exact) mass is 433 g/mol. The molecule has 2 aromatic heterocycles. The van der Waals surface area contributed by atoms with Crippen LogP contribution in [0.4, 0.5) is 5.82 Å². The van der Waals surface area contributed by atoms with Crippen LogP contribution in [0, 0.1) is 6.92 Å². The number of aryl methyl sites for hydroxylation is 1. The van der Waals surface area contributed by atoms with Crippen LogP contribution in [-0.4, -0.2) is 53.9 Å². The number of aromatic amines is 1. The summed E-state index contributed by atoms with van der Waals surface area (Å²) in [5, 5.41) is 0. The van der Waals surface area contributed by atoms with Crippen molar-refractivity contribution in [2.75, 3.05) is 31.1 Å². The Morgan fingerprint density at radius 1 is 0.871 bits per heavy atom. The fourth-order valence-electron chi connectivity index (χ4n) is 3.99. The highest BCUT2D eigenvalue weighted by atomic mass is 32.2. The molecule has 1 aliphatic rings. The minimum atomic E-state index is -3.48. The van der Waals surface area contributed by atoms with Crippen LogP contribution in [0.5, 0.6) is 0 Å². The number of piperazine rings is 1. The van der Waals surface area contributed by atoms with E-state index in [1.807, 2.05) is 37.3 Å². The molecule has 8 heteroatoms. The van der Waals surface area contributed by atoms with Crippen molar-refractivity contribution in [3.8, 4) is 11.3 Å². The Balaban J connectivity index is 1.43. The maximum Gasteiger partial charge on any atom is 0.243 e. The fraction of sp³-hybridized carbons (Fsp3) is 0.217. The predicted octanol–water partition coefficient (Wildman–Crippen LogP) is 3.44. The van der Waals surface area contributed by atoms with Crippen LogP contribution in [0.3, 0.4) is 0 Å². The van der Waals surface area contributed by atoms with Gasteiger partial charge in [-0.25, -0.2) is 18.4 Å². The molecule has 1 N–H and O–H groups in total. The maximum atomic E-state index is 12.9. The van der Waals surface area contributed by atoms with Gasteiger partial charge < -0.3 is 9.88 Å². The van der Waals surface area contributed by atoms with E-state index < -0.39 is 10.0 Å². The molecule has 31 heavy (non-hydrogen) atoms. The van der Waals surface area contributed by atoms with Crippen molar-refractivity contribution in [2.45, 2.75) is 11.8 Å². The van der Waals surface area contributed by atoms with Crippen molar-refractivity contribution >= 4 is 26.9 Å². The van der Waals surface area contributed by atoms with Crippen LogP contribution in [0.25, 0.3) is 22.3 Å². The molecule has 0 bridgehead atoms. The van der Waals surface area contributed by atoms with Gasteiger partial charge in [-0.2, -0.15) is 4.31 Å². The fourth-order valence-corrected chi connectivity index (χ4v) is 5.44. The summed E-state index contributed by atoms with van der Waals surface area (Å²) in [6.45, 7) is 3.84. The molecule has 4 aromatic rings. The largest absolute Gasteiger partial charge is 0.352 e. The molecule has 1 aliphatic heterocycles.